The van der Waals surface area contributed by atoms with Gasteiger partial charge in [-0.2, -0.15) is 0 Å². The van der Waals surface area contributed by atoms with Crippen LogP contribution in [0.4, 0.5) is 5.69 Å². The number of nitrogens with zero attached hydrogens (tertiary/aromatic N) is 1. The molecule has 2 fully saturated rings. The molecule has 0 aromatic heterocycles. The van der Waals surface area contributed by atoms with Gasteiger partial charge in [0.15, 0.2) is 0 Å². The van der Waals surface area contributed by atoms with E-state index in [-0.39, 0.29) is 35.5 Å². The highest BCUT2D eigenvalue weighted by molar-refractivity contribution is 6.23. The van der Waals surface area contributed by atoms with E-state index in [2.05, 4.69) is 12.2 Å². The zero-order valence-electron chi connectivity index (χ0n) is 11.7. The first-order valence-corrected chi connectivity index (χ1v) is 7.22. The number of hydrogen-bond acceptors (Lipinski definition) is 2. The first kappa shape index (κ1) is 11.9. The fraction of sp³-hybridized carbons (Fsp3) is 0.412. The zero-order chi connectivity index (χ0) is 14.0. The molecule has 3 aliphatic rings. The molecule has 3 nitrogen and oxygen atoms in total. The lowest BCUT2D eigenvalue weighted by Crippen LogP contribution is -2.34. The normalized spacial score (nSPS) is 34.2. The van der Waals surface area contributed by atoms with Gasteiger partial charge in [0.2, 0.25) is 11.8 Å². The molecule has 1 aromatic rings. The second-order valence-corrected chi connectivity index (χ2v) is 6.25. The highest BCUT2D eigenvalue weighted by Gasteiger charge is 2.59. The topological polar surface area (TPSA) is 37.4 Å². The van der Waals surface area contributed by atoms with Gasteiger partial charge in [-0.25, -0.2) is 4.90 Å². The summed E-state index contributed by atoms with van der Waals surface area (Å²) in [4.78, 5) is 27.0. The van der Waals surface area contributed by atoms with Gasteiger partial charge in [-0.05, 0) is 43.2 Å². The van der Waals surface area contributed by atoms with Gasteiger partial charge in [0.05, 0.1) is 17.5 Å². The molecule has 1 saturated carbocycles. The largest absolute Gasteiger partial charge is 0.274 e. The number of carbonyl (C=O) groups excluding carboxylic acids is 2. The van der Waals surface area contributed by atoms with Crippen LogP contribution in [0.25, 0.3) is 0 Å². The van der Waals surface area contributed by atoms with Crippen LogP contribution in [-0.2, 0) is 9.59 Å². The molecule has 2 amide bonds. The third-order valence-corrected chi connectivity index (χ3v) is 5.13. The van der Waals surface area contributed by atoms with E-state index in [1.54, 1.807) is 0 Å². The molecule has 0 radical (unpaired) electrons. The highest BCUT2D eigenvalue weighted by Crippen LogP contribution is 2.53. The lowest BCUT2D eigenvalue weighted by molar-refractivity contribution is -0.123. The Morgan fingerprint density at radius 2 is 1.45 bits per heavy atom. The lowest BCUT2D eigenvalue weighted by Gasteiger charge is -2.21. The molecule has 1 aromatic carbocycles. The van der Waals surface area contributed by atoms with Crippen molar-refractivity contribution in [1.82, 2.24) is 0 Å². The number of amides is 2. The van der Waals surface area contributed by atoms with Crippen molar-refractivity contribution in [3.8, 4) is 0 Å². The van der Waals surface area contributed by atoms with Crippen molar-refractivity contribution in [2.24, 2.45) is 23.7 Å². The van der Waals surface area contributed by atoms with Crippen LogP contribution in [0.15, 0.2) is 30.4 Å². The van der Waals surface area contributed by atoms with Crippen molar-refractivity contribution < 1.29 is 9.59 Å². The van der Waals surface area contributed by atoms with Crippen LogP contribution in [0.1, 0.15) is 17.5 Å². The number of carbonyl (C=O) groups is 2. The Kier molecular flexibility index (Phi) is 2.27. The fourth-order valence-corrected chi connectivity index (χ4v) is 4.28. The zero-order valence-corrected chi connectivity index (χ0v) is 11.7. The van der Waals surface area contributed by atoms with Gasteiger partial charge in [-0.3, -0.25) is 9.59 Å². The number of fused-ring (bicyclic) bond motifs is 5. The monoisotopic (exact) mass is 267 g/mol. The first-order valence-electron chi connectivity index (χ1n) is 7.22. The van der Waals surface area contributed by atoms with Gasteiger partial charge < -0.3 is 0 Å². The number of aryl methyl sites for hydroxylation is 2. The molecule has 0 N–H and O–H groups in total. The van der Waals surface area contributed by atoms with Crippen LogP contribution in [0.2, 0.25) is 0 Å². The Morgan fingerprint density at radius 3 is 1.95 bits per heavy atom. The minimum absolute atomic E-state index is 0.00856. The highest BCUT2D eigenvalue weighted by atomic mass is 16.2. The number of allylic oxidation sites excluding steroid dienone is 2. The molecule has 102 valence electrons. The predicted molar refractivity (Wildman–Crippen MR) is 76.1 cm³/mol. The summed E-state index contributed by atoms with van der Waals surface area (Å²) in [5, 5.41) is 0. The minimum Gasteiger partial charge on any atom is -0.274 e. The van der Waals surface area contributed by atoms with Gasteiger partial charge in [-0.1, -0.05) is 30.4 Å². The summed E-state index contributed by atoms with van der Waals surface area (Å²) in [5.74, 6) is 0.336. The van der Waals surface area contributed by atoms with E-state index in [4.69, 9.17) is 0 Å². The van der Waals surface area contributed by atoms with Crippen LogP contribution in [-0.4, -0.2) is 11.8 Å². The predicted octanol–water partition coefficient (Wildman–Crippen LogP) is 2.61. The maximum absolute atomic E-state index is 12.8. The van der Waals surface area contributed by atoms with Gasteiger partial charge in [0, 0.05) is 0 Å². The minimum atomic E-state index is -0.114. The summed E-state index contributed by atoms with van der Waals surface area (Å²) in [6.07, 6.45) is 5.24. The molecule has 2 bridgehead atoms. The van der Waals surface area contributed by atoms with Crippen molar-refractivity contribution in [2.75, 3.05) is 4.90 Å². The van der Waals surface area contributed by atoms with Gasteiger partial charge in [0.1, 0.15) is 0 Å². The summed E-state index contributed by atoms with van der Waals surface area (Å²) in [6, 6.07) is 5.89. The van der Waals surface area contributed by atoms with E-state index in [1.165, 1.54) is 4.90 Å². The molecule has 1 aliphatic heterocycles. The smallest absolute Gasteiger partial charge is 0.238 e. The molecule has 0 spiro atoms. The maximum Gasteiger partial charge on any atom is 0.238 e. The SMILES string of the molecule is Cc1cccc(C)c1N1C(=O)[C@@H]2[C@@H](C1=O)[C@H]1C=C[C@H]2C1. The third kappa shape index (κ3) is 1.30. The number of imide groups is 1. The Morgan fingerprint density at radius 1 is 0.950 bits per heavy atom. The van der Waals surface area contributed by atoms with E-state index < -0.39 is 0 Å². The van der Waals surface area contributed by atoms with Crippen molar-refractivity contribution in [1.29, 1.82) is 0 Å². The standard InChI is InChI=1S/C17H17NO2/c1-9-4-3-5-10(2)15(9)18-16(19)13-11-6-7-12(8-11)14(13)17(18)20/h3-7,11-14H,8H2,1-2H3/t11-,12-,13-,14-/m0/s1. The van der Waals surface area contributed by atoms with E-state index in [0.29, 0.717) is 0 Å². The fourth-order valence-electron chi connectivity index (χ4n) is 4.28. The molecule has 1 heterocycles. The van der Waals surface area contributed by atoms with Crippen molar-refractivity contribution >= 4 is 17.5 Å². The maximum atomic E-state index is 12.8. The Hall–Kier alpha value is -1.90. The molecule has 3 heteroatoms. The van der Waals surface area contributed by atoms with Crippen LogP contribution in [0.3, 0.4) is 0 Å². The average molecular weight is 267 g/mol. The van der Waals surface area contributed by atoms with Gasteiger partial charge in [0.25, 0.3) is 0 Å². The molecule has 4 rings (SSSR count). The quantitative estimate of drug-likeness (QED) is 0.579. The Labute approximate surface area is 118 Å². The second kappa shape index (κ2) is 3.81. The number of anilines is 1. The Balaban J connectivity index is 1.82. The van der Waals surface area contributed by atoms with E-state index in [9.17, 15) is 9.59 Å². The summed E-state index contributed by atoms with van der Waals surface area (Å²) < 4.78 is 0. The number of rotatable bonds is 1. The van der Waals surface area contributed by atoms with Gasteiger partial charge in [-0.15, -0.1) is 0 Å². The molecule has 4 atom stereocenters. The molecule has 2 aliphatic carbocycles. The van der Waals surface area contributed by atoms with Crippen molar-refractivity contribution in [2.45, 2.75) is 20.3 Å². The van der Waals surface area contributed by atoms with Gasteiger partial charge >= 0.3 is 0 Å². The van der Waals surface area contributed by atoms with Crippen LogP contribution >= 0.6 is 0 Å². The number of hydrogen-bond donors (Lipinski definition) is 0. The number of benzene rings is 1. The summed E-state index contributed by atoms with van der Waals surface area (Å²) >= 11 is 0. The van der Waals surface area contributed by atoms with Crippen LogP contribution < -0.4 is 4.90 Å². The summed E-state index contributed by atoms with van der Waals surface area (Å²) in [7, 11) is 0. The Bertz CT molecular complexity index is 611. The summed E-state index contributed by atoms with van der Waals surface area (Å²) in [6.45, 7) is 3.92. The van der Waals surface area contributed by atoms with Crippen LogP contribution in [0, 0.1) is 37.5 Å². The van der Waals surface area contributed by atoms with E-state index in [1.807, 2.05) is 32.0 Å². The molecule has 20 heavy (non-hydrogen) atoms. The first-order chi connectivity index (χ1) is 9.59. The van der Waals surface area contributed by atoms with Crippen molar-refractivity contribution in [3.63, 3.8) is 0 Å². The molecule has 0 unspecified atom stereocenters. The summed E-state index contributed by atoms with van der Waals surface area (Å²) in [5.41, 5.74) is 2.79. The van der Waals surface area contributed by atoms with E-state index >= 15 is 0 Å². The molecule has 1 saturated heterocycles. The molecular weight excluding hydrogens is 250 g/mol. The average Bonchev–Trinajstić information content (AvgIpc) is 3.07. The van der Waals surface area contributed by atoms with Crippen LogP contribution in [0.5, 0.6) is 0 Å². The second-order valence-electron chi connectivity index (χ2n) is 6.25. The third-order valence-electron chi connectivity index (χ3n) is 5.13. The number of para-hydroxylation sites is 1. The lowest BCUT2D eigenvalue weighted by atomic mass is 9.85. The molecular formula is C17H17NO2. The van der Waals surface area contributed by atoms with Crippen molar-refractivity contribution in [3.05, 3.63) is 41.5 Å². The van der Waals surface area contributed by atoms with E-state index in [0.717, 1.165) is 23.2 Å².